The number of thiocarbonyl (C=S) groups is 1. The Balaban J connectivity index is 0.000000908. The quantitative estimate of drug-likeness (QED) is 0.177. The standard InChI is InChI=1S/C31H36F4N6O2S.C2HF3O2/c1-30(2)28(43)40(22-9-8-21(20-36)25(18-22)31(33,34)35)29(44)41(30)23-10-11-24(26(32)19-23)27(42)38(3)14-6-4-5-7-15-39-16-12-37-13-17-39;3-2(4,5)1(6)7/h8-11,18-19,37H,4-7,12-17H2,1-3H3;(H,6,7). The SMILES string of the molecule is CN(CCCCCCN1CCNCC1)C(=O)c1ccc(N2C(=S)N(c3ccc(C#N)c(C(F)(F)F)c3)C(=O)C2(C)C)cc1F.O=C(O)C(F)(F)F. The van der Waals surface area contributed by atoms with Gasteiger partial charge in [0.2, 0.25) is 0 Å². The van der Waals surface area contributed by atoms with Gasteiger partial charge in [-0.2, -0.15) is 31.6 Å². The van der Waals surface area contributed by atoms with Crippen molar-refractivity contribution in [3.63, 3.8) is 0 Å². The van der Waals surface area contributed by atoms with Crippen molar-refractivity contribution in [2.75, 3.05) is 56.1 Å². The number of benzene rings is 2. The van der Waals surface area contributed by atoms with Gasteiger partial charge >= 0.3 is 18.3 Å². The van der Waals surface area contributed by atoms with Crippen LogP contribution in [0.2, 0.25) is 0 Å². The molecule has 18 heteroatoms. The van der Waals surface area contributed by atoms with Gasteiger partial charge in [-0.3, -0.25) is 14.5 Å². The van der Waals surface area contributed by atoms with Crippen molar-refractivity contribution in [2.45, 2.75) is 57.4 Å². The van der Waals surface area contributed by atoms with Crippen LogP contribution in [0.1, 0.15) is 61.0 Å². The molecular weight excluding hydrogens is 709 g/mol. The molecule has 0 saturated carbocycles. The van der Waals surface area contributed by atoms with Crippen molar-refractivity contribution in [3.8, 4) is 6.07 Å². The molecule has 0 atom stereocenters. The lowest BCUT2D eigenvalue weighted by Crippen LogP contribution is -2.44. The van der Waals surface area contributed by atoms with Crippen molar-refractivity contribution in [1.82, 2.24) is 15.1 Å². The van der Waals surface area contributed by atoms with Gasteiger partial charge in [0.25, 0.3) is 11.8 Å². The minimum atomic E-state index is -5.08. The number of carboxylic acid groups (broad SMARTS) is 1. The molecule has 2 aromatic carbocycles. The molecule has 0 bridgehead atoms. The highest BCUT2D eigenvalue weighted by Crippen LogP contribution is 2.40. The summed E-state index contributed by atoms with van der Waals surface area (Å²) in [5.41, 5.74) is -3.31. The van der Waals surface area contributed by atoms with E-state index in [9.17, 15) is 35.9 Å². The summed E-state index contributed by atoms with van der Waals surface area (Å²) in [6, 6.07) is 8.29. The zero-order chi connectivity index (χ0) is 38.3. The Labute approximate surface area is 295 Å². The summed E-state index contributed by atoms with van der Waals surface area (Å²) in [5, 5.41) is 19.4. The number of hydrogen-bond acceptors (Lipinski definition) is 7. The number of amides is 2. The first-order valence-corrected chi connectivity index (χ1v) is 16.2. The number of anilines is 2. The minimum Gasteiger partial charge on any atom is -0.475 e. The zero-order valence-electron chi connectivity index (χ0n) is 28.0. The van der Waals surface area contributed by atoms with E-state index in [-0.39, 0.29) is 22.1 Å². The van der Waals surface area contributed by atoms with E-state index in [0.717, 1.165) is 75.4 Å². The number of carbonyl (C=O) groups is 3. The van der Waals surface area contributed by atoms with Gasteiger partial charge in [0.05, 0.1) is 28.4 Å². The number of aliphatic carboxylic acids is 1. The second-order valence-electron chi connectivity index (χ2n) is 12.4. The number of hydrogen-bond donors (Lipinski definition) is 2. The molecule has 0 aliphatic carbocycles. The summed E-state index contributed by atoms with van der Waals surface area (Å²) in [7, 11) is 1.62. The number of halogens is 7. The highest BCUT2D eigenvalue weighted by atomic mass is 32.1. The number of nitrogens with one attached hydrogen (secondary N) is 1. The third-order valence-corrected chi connectivity index (χ3v) is 8.68. The Morgan fingerprint density at radius 1 is 1.00 bits per heavy atom. The molecule has 51 heavy (non-hydrogen) atoms. The number of rotatable bonds is 10. The molecule has 2 aromatic rings. The van der Waals surface area contributed by atoms with Crippen LogP contribution in [0.5, 0.6) is 0 Å². The Bertz CT molecular complexity index is 1660. The largest absolute Gasteiger partial charge is 0.490 e. The molecule has 2 fully saturated rings. The van der Waals surface area contributed by atoms with Gasteiger partial charge in [0.1, 0.15) is 11.4 Å². The van der Waals surface area contributed by atoms with Crippen molar-refractivity contribution < 1.29 is 50.2 Å². The molecule has 2 N–H and O–H groups in total. The van der Waals surface area contributed by atoms with Crippen LogP contribution in [0.4, 0.5) is 42.1 Å². The maximum absolute atomic E-state index is 15.4. The lowest BCUT2D eigenvalue weighted by Gasteiger charge is -2.29. The molecule has 0 radical (unpaired) electrons. The molecule has 278 valence electrons. The third kappa shape index (κ3) is 10.1. The molecule has 2 aliphatic rings. The fourth-order valence-corrected chi connectivity index (χ4v) is 6.08. The average molecular weight is 747 g/mol. The van der Waals surface area contributed by atoms with Gasteiger partial charge in [-0.15, -0.1) is 0 Å². The van der Waals surface area contributed by atoms with Gasteiger partial charge in [0, 0.05) is 45.5 Å². The fourth-order valence-electron chi connectivity index (χ4n) is 5.56. The molecule has 2 aliphatic heterocycles. The van der Waals surface area contributed by atoms with Crippen LogP contribution in [-0.4, -0.2) is 95.8 Å². The lowest BCUT2D eigenvalue weighted by atomic mass is 10.0. The number of nitrogens with zero attached hydrogens (tertiary/aromatic N) is 5. The third-order valence-electron chi connectivity index (χ3n) is 8.31. The second-order valence-corrected chi connectivity index (χ2v) is 12.7. The lowest BCUT2D eigenvalue weighted by molar-refractivity contribution is -0.192. The van der Waals surface area contributed by atoms with Crippen LogP contribution in [0.25, 0.3) is 0 Å². The van der Waals surface area contributed by atoms with Crippen molar-refractivity contribution in [1.29, 1.82) is 5.26 Å². The van der Waals surface area contributed by atoms with E-state index >= 15 is 4.39 Å². The molecule has 0 spiro atoms. The monoisotopic (exact) mass is 746 g/mol. The molecule has 0 unspecified atom stereocenters. The van der Waals surface area contributed by atoms with Crippen LogP contribution < -0.4 is 15.1 Å². The topological polar surface area (TPSA) is 120 Å². The maximum Gasteiger partial charge on any atom is 0.490 e. The normalized spacial score (nSPS) is 16.4. The summed E-state index contributed by atoms with van der Waals surface area (Å²) in [6.45, 7) is 8.76. The summed E-state index contributed by atoms with van der Waals surface area (Å²) in [4.78, 5) is 41.6. The summed E-state index contributed by atoms with van der Waals surface area (Å²) < 4.78 is 87.9. The number of piperazine rings is 1. The van der Waals surface area contributed by atoms with Gasteiger partial charge in [0.15, 0.2) is 5.11 Å². The molecule has 10 nitrogen and oxygen atoms in total. The van der Waals surface area contributed by atoms with Crippen molar-refractivity contribution >= 4 is 46.5 Å². The first-order chi connectivity index (χ1) is 23.7. The number of unbranched alkanes of at least 4 members (excludes halogenated alkanes) is 3. The Kier molecular flexibility index (Phi) is 13.5. The Morgan fingerprint density at radius 3 is 2.14 bits per heavy atom. The van der Waals surface area contributed by atoms with Gasteiger partial charge in [-0.25, -0.2) is 9.18 Å². The zero-order valence-corrected chi connectivity index (χ0v) is 28.8. The Morgan fingerprint density at radius 2 is 1.59 bits per heavy atom. The predicted molar refractivity (Wildman–Crippen MR) is 178 cm³/mol. The maximum atomic E-state index is 15.4. The molecule has 2 saturated heterocycles. The van der Waals surface area contributed by atoms with E-state index in [1.807, 2.05) is 0 Å². The van der Waals surface area contributed by atoms with Crippen molar-refractivity contribution in [3.05, 3.63) is 58.9 Å². The smallest absolute Gasteiger partial charge is 0.475 e. The van der Waals surface area contributed by atoms with E-state index in [1.165, 1.54) is 47.9 Å². The molecule has 2 heterocycles. The molecular formula is C33H37F7N6O4S. The Hall–Kier alpha value is -4.34. The summed E-state index contributed by atoms with van der Waals surface area (Å²) >= 11 is 5.52. The number of nitriles is 1. The van der Waals surface area contributed by atoms with E-state index in [1.54, 1.807) is 7.05 Å². The highest BCUT2D eigenvalue weighted by molar-refractivity contribution is 7.81. The van der Waals surface area contributed by atoms with Crippen molar-refractivity contribution in [2.24, 2.45) is 0 Å². The molecule has 4 rings (SSSR count). The first kappa shape index (κ1) is 41.1. The minimum absolute atomic E-state index is 0.136. The van der Waals surface area contributed by atoms with Gasteiger partial charge in [-0.05, 0) is 81.8 Å². The average Bonchev–Trinajstić information content (AvgIpc) is 3.23. The van der Waals surface area contributed by atoms with Crippen LogP contribution in [0.3, 0.4) is 0 Å². The number of carbonyl (C=O) groups excluding carboxylic acids is 2. The molecule has 0 aromatic heterocycles. The van der Waals surface area contributed by atoms with Gasteiger partial charge < -0.3 is 25.1 Å². The first-order valence-electron chi connectivity index (χ1n) is 15.8. The van der Waals surface area contributed by atoms with Crippen LogP contribution in [-0.2, 0) is 15.8 Å². The van der Waals surface area contributed by atoms with E-state index < -0.39 is 52.6 Å². The molecule has 2 amide bonds. The van der Waals surface area contributed by atoms with Crippen LogP contribution in [0.15, 0.2) is 36.4 Å². The van der Waals surface area contributed by atoms with E-state index in [2.05, 4.69) is 10.2 Å². The van der Waals surface area contributed by atoms with Gasteiger partial charge in [-0.1, -0.05) is 12.8 Å². The highest BCUT2D eigenvalue weighted by Gasteiger charge is 2.51. The van der Waals surface area contributed by atoms with Crippen LogP contribution in [0, 0.1) is 17.1 Å². The van der Waals surface area contributed by atoms with Crippen LogP contribution >= 0.6 is 12.2 Å². The number of carboxylic acids is 1. The predicted octanol–water partition coefficient (Wildman–Crippen LogP) is 5.80. The number of alkyl halides is 6. The summed E-state index contributed by atoms with van der Waals surface area (Å²) in [5.74, 6) is -4.67. The van der Waals surface area contributed by atoms with E-state index in [4.69, 9.17) is 27.4 Å². The van der Waals surface area contributed by atoms with E-state index in [0.29, 0.717) is 12.6 Å². The second kappa shape index (κ2) is 16.8. The summed E-state index contributed by atoms with van der Waals surface area (Å²) in [6.07, 6.45) is -6.01. The fraction of sp³-hybridized carbons (Fsp3) is 0.485.